The van der Waals surface area contributed by atoms with Crippen molar-refractivity contribution in [3.8, 4) is 5.75 Å². The van der Waals surface area contributed by atoms with E-state index in [1.807, 2.05) is 0 Å². The van der Waals surface area contributed by atoms with Crippen molar-refractivity contribution in [3.05, 3.63) is 29.8 Å². The number of amides is 15. The van der Waals surface area contributed by atoms with Crippen LogP contribution in [0.3, 0.4) is 0 Å². The van der Waals surface area contributed by atoms with E-state index in [-0.39, 0.29) is 62.8 Å². The number of unbranched alkanes of at least 4 members (excludes halogenated alkanes) is 20. The van der Waals surface area contributed by atoms with Crippen LogP contribution in [0.4, 0.5) is 0 Å². The van der Waals surface area contributed by atoms with Crippen LogP contribution in [-0.2, 0) is 97.5 Å². The molecule has 0 aliphatic carbocycles. The zero-order valence-corrected chi connectivity index (χ0v) is 72.6. The molecule has 0 radical (unpaired) electrons. The number of hydrogen-bond donors (Lipinski definition) is 22. The number of aliphatic hydroxyl groups is 1. The van der Waals surface area contributed by atoms with E-state index in [1.165, 1.54) is 122 Å². The van der Waals surface area contributed by atoms with Crippen molar-refractivity contribution in [2.75, 3.05) is 18.8 Å². The highest BCUT2D eigenvalue weighted by atomic mass is 32.1. The van der Waals surface area contributed by atoms with Gasteiger partial charge in [0.1, 0.15) is 72.2 Å². The molecule has 0 heterocycles. The van der Waals surface area contributed by atoms with Crippen LogP contribution in [-0.4, -0.2) is 235 Å². The van der Waals surface area contributed by atoms with Gasteiger partial charge in [-0.25, -0.2) is 0 Å². The largest absolute Gasteiger partial charge is 0.508 e. The molecule has 1 unspecified atom stereocenters. The molecule has 0 aliphatic rings. The van der Waals surface area contributed by atoms with Gasteiger partial charge in [0.2, 0.25) is 88.6 Å². The van der Waals surface area contributed by atoms with Crippen molar-refractivity contribution in [2.24, 2.45) is 17.4 Å². The Morgan fingerprint density at radius 2 is 0.707 bits per heavy atom. The molecular formula is C82H135N15O25S. The lowest BCUT2D eigenvalue weighted by Gasteiger charge is -2.29. The summed E-state index contributed by atoms with van der Waals surface area (Å²) in [5.41, 5.74) is 11.3. The average molecular weight is 1760 g/mol. The zero-order chi connectivity index (χ0) is 92.5. The molecular weight excluding hydrogens is 1630 g/mol. The van der Waals surface area contributed by atoms with E-state index in [9.17, 15) is 122 Å². The first kappa shape index (κ1) is 110. The van der Waals surface area contributed by atoms with Crippen LogP contribution in [0, 0.1) is 5.92 Å². The molecule has 0 spiro atoms. The minimum Gasteiger partial charge on any atom is -0.508 e. The van der Waals surface area contributed by atoms with Gasteiger partial charge in [-0.1, -0.05) is 168 Å². The number of aromatic hydroxyl groups is 1. The number of nitrogens with one attached hydrogen (secondary N) is 13. The second-order valence-corrected chi connectivity index (χ2v) is 31.5. The van der Waals surface area contributed by atoms with Crippen LogP contribution in [0.15, 0.2) is 24.3 Å². The number of carbonyl (C=O) groups is 19. The number of primary amides is 2. The summed E-state index contributed by atoms with van der Waals surface area (Å²) >= 11 is 4.08. The van der Waals surface area contributed by atoms with Crippen molar-refractivity contribution in [2.45, 2.75) is 339 Å². The number of phenols is 1. The lowest BCUT2D eigenvalue weighted by molar-refractivity contribution is -0.142. The molecule has 1 rings (SSSR count). The van der Waals surface area contributed by atoms with Gasteiger partial charge in [0.25, 0.3) is 0 Å². The number of thiol groups is 1. The Bertz CT molecular complexity index is 3570. The highest BCUT2D eigenvalue weighted by Gasteiger charge is 2.39. The lowest BCUT2D eigenvalue weighted by Crippen LogP contribution is -2.62. The molecule has 0 saturated carbocycles. The number of carboxylic acids is 4. The molecule has 694 valence electrons. The molecule has 0 aromatic heterocycles. The maximum Gasteiger partial charge on any atom is 0.305 e. The summed E-state index contributed by atoms with van der Waals surface area (Å²) in [6.07, 6.45) is 15.4. The molecule has 0 fully saturated rings. The minimum atomic E-state index is -2.17. The van der Waals surface area contributed by atoms with Crippen LogP contribution in [0.1, 0.15) is 265 Å². The lowest BCUT2D eigenvalue weighted by atomic mass is 10.0. The number of hydrogen-bond acceptors (Lipinski definition) is 22. The number of aliphatic hydroxyl groups excluding tert-OH is 1. The third-order valence-electron chi connectivity index (χ3n) is 19.9. The van der Waals surface area contributed by atoms with Crippen LogP contribution >= 0.6 is 12.6 Å². The van der Waals surface area contributed by atoms with E-state index in [0.29, 0.717) is 18.4 Å². The summed E-state index contributed by atoms with van der Waals surface area (Å²) in [4.78, 5) is 250. The van der Waals surface area contributed by atoms with E-state index in [0.717, 1.165) is 58.3 Å². The summed E-state index contributed by atoms with van der Waals surface area (Å²) in [5.74, 6) is -23.8. The monoisotopic (exact) mass is 1760 g/mol. The average Bonchev–Trinajstić information content (AvgIpc) is 0.846. The van der Waals surface area contributed by atoms with E-state index in [4.69, 9.17) is 11.5 Å². The van der Waals surface area contributed by atoms with E-state index in [1.54, 1.807) is 0 Å². The SMILES string of the molecule is CCCCCCCCCCCCCC(=O)NCC(NC(=O)CCCCCCCCCCCCC)C(=O)NCCCC(=O)N[C@@H](C)C(=O)N[C@@H](CCC(N)=O)C(=O)N[C@@H](CC(=O)O)C(=O)N[C@@H](CCC(=O)O)C(=O)N[C@@H](CS)C(=O)N[C@@H](CC(=O)O)C(=O)N[C@H](C(=O)N[C@H](C(=O)N[C@@H](CCC(=O)O)C(=O)N[C@@H](Cc1ccc(O)cc1)C(N)=O)[C@@H](C)O)C(C)C. The summed E-state index contributed by atoms with van der Waals surface area (Å²) in [7, 11) is 0. The fourth-order valence-corrected chi connectivity index (χ4v) is 12.9. The summed E-state index contributed by atoms with van der Waals surface area (Å²) in [6.45, 7) is 9.07. The summed E-state index contributed by atoms with van der Waals surface area (Å²) < 4.78 is 0. The van der Waals surface area contributed by atoms with Crippen LogP contribution in [0.2, 0.25) is 0 Å². The van der Waals surface area contributed by atoms with Crippen molar-refractivity contribution >= 4 is 125 Å². The first-order chi connectivity index (χ1) is 58.2. The molecule has 0 bridgehead atoms. The maximum absolute atomic E-state index is 14.0. The summed E-state index contributed by atoms with van der Waals surface area (Å²) in [5, 5.41) is 89.7. The number of aliphatic carboxylic acids is 4. The Hall–Kier alpha value is -10.7. The van der Waals surface area contributed by atoms with Crippen LogP contribution < -0.4 is 80.6 Å². The molecule has 41 heteroatoms. The summed E-state index contributed by atoms with van der Waals surface area (Å²) in [6, 6.07) is -14.1. The molecule has 1 aromatic carbocycles. The van der Waals surface area contributed by atoms with Gasteiger partial charge < -0.3 is 111 Å². The van der Waals surface area contributed by atoms with Crippen molar-refractivity contribution < 1.29 is 122 Å². The second-order valence-electron chi connectivity index (χ2n) is 31.1. The van der Waals surface area contributed by atoms with Gasteiger partial charge in [0.05, 0.1) is 18.9 Å². The maximum atomic E-state index is 14.0. The number of carboxylic acid groups (broad SMARTS) is 4. The molecule has 0 aliphatic heterocycles. The van der Waals surface area contributed by atoms with E-state index >= 15 is 0 Å². The molecule has 12 atom stereocenters. The van der Waals surface area contributed by atoms with E-state index < -0.39 is 236 Å². The molecule has 1 aromatic rings. The fourth-order valence-electron chi connectivity index (χ4n) is 12.7. The molecule has 23 N–H and O–H groups in total. The fraction of sp³-hybridized carbons (Fsp3) is 0.695. The predicted octanol–water partition coefficient (Wildman–Crippen LogP) is 1.10. The first-order valence-electron chi connectivity index (χ1n) is 42.6. The Labute approximate surface area is 723 Å². The van der Waals surface area contributed by atoms with Crippen LogP contribution in [0.5, 0.6) is 5.75 Å². The van der Waals surface area contributed by atoms with Gasteiger partial charge in [0.15, 0.2) is 0 Å². The van der Waals surface area contributed by atoms with Gasteiger partial charge in [-0.05, 0) is 76.0 Å². The Balaban J connectivity index is 3.26. The van der Waals surface area contributed by atoms with Gasteiger partial charge >= 0.3 is 23.9 Å². The molecule has 40 nitrogen and oxygen atoms in total. The van der Waals surface area contributed by atoms with Gasteiger partial charge in [-0.3, -0.25) is 91.1 Å². The number of phenolic OH excluding ortho intramolecular Hbond substituents is 1. The third-order valence-corrected chi connectivity index (χ3v) is 20.2. The van der Waals surface area contributed by atoms with Gasteiger partial charge in [-0.2, -0.15) is 12.6 Å². The van der Waals surface area contributed by atoms with Crippen LogP contribution in [0.25, 0.3) is 0 Å². The Kier molecular flexibility index (Phi) is 56.7. The molecule has 123 heavy (non-hydrogen) atoms. The van der Waals surface area contributed by atoms with Crippen molar-refractivity contribution in [3.63, 3.8) is 0 Å². The van der Waals surface area contributed by atoms with E-state index in [2.05, 4.69) is 95.6 Å². The normalized spacial score (nSPS) is 14.0. The number of benzene rings is 1. The van der Waals surface area contributed by atoms with Crippen molar-refractivity contribution in [1.29, 1.82) is 0 Å². The standard InChI is InChI=1S/C82H135N15O25S/c1-7-9-11-13-15-17-19-21-23-25-27-30-63(101)86-47-60(88-65(103)31-28-26-24-22-20-18-16-14-12-10-8-2)74(114)85-43-29-32-64(102)87-50(5)73(113)89-54(37-40-62(83)100)76(116)93-58(45-68(108)109)78(118)90-55(38-41-66(104)105)77(117)95-61(48-123)80(120)94-59(46-69(110)111)79(119)96-70(49(3)4)81(121)97-71(51(6)98)82(122)91-56(39-42-67(106)107)75(115)92-57(72(84)112)44-52-33-35-53(99)36-34-52/h33-36,49-51,54-61,70-71,98-99,123H,7-32,37-48H2,1-6H3,(H2,83,100)(H2,84,112)(H,85,114)(H,86,101)(H,87,102)(H,88,103)(H,89,113)(H,90,118)(H,91,122)(H,92,115)(H,93,116)(H,94,120)(H,95,117)(H,96,119)(H,97,121)(H,104,105)(H,106,107)(H,108,109)(H,110,111)/t50-,51+,54-,55-,56-,57-,58-,59-,60?,61-,70-,71-/m0/s1. The first-order valence-corrected chi connectivity index (χ1v) is 43.2. The smallest absolute Gasteiger partial charge is 0.305 e. The number of rotatable bonds is 70. The molecule has 0 saturated heterocycles. The highest BCUT2D eigenvalue weighted by Crippen LogP contribution is 2.17. The topological polar surface area (TPSA) is 654 Å². The minimum absolute atomic E-state index is 0.00766. The number of nitrogens with two attached hydrogens (primary N) is 2. The van der Waals surface area contributed by atoms with Crippen molar-refractivity contribution in [1.82, 2.24) is 69.1 Å². The van der Waals surface area contributed by atoms with Gasteiger partial charge in [0, 0.05) is 63.8 Å². The second kappa shape index (κ2) is 63.2. The quantitative estimate of drug-likeness (QED) is 0.0321. The Morgan fingerprint density at radius 3 is 1.13 bits per heavy atom. The van der Waals surface area contributed by atoms with Gasteiger partial charge in [-0.15, -0.1) is 0 Å². The third kappa shape index (κ3) is 50.4. The zero-order valence-electron chi connectivity index (χ0n) is 71.7. The number of carbonyl (C=O) groups excluding carboxylic acids is 15. The highest BCUT2D eigenvalue weighted by molar-refractivity contribution is 7.80. The molecule has 15 amide bonds. The predicted molar refractivity (Wildman–Crippen MR) is 452 cm³/mol. The Morgan fingerprint density at radius 1 is 0.350 bits per heavy atom.